The molecule has 0 saturated carbocycles. The van der Waals surface area contributed by atoms with Gasteiger partial charge >= 0.3 is 0 Å². The third-order valence-electron chi connectivity index (χ3n) is 10.2. The van der Waals surface area contributed by atoms with Gasteiger partial charge in [-0.2, -0.15) is 0 Å². The first-order valence-electron chi connectivity index (χ1n) is 17.8. The number of anilines is 3. The molecule has 0 atom stereocenters. The van der Waals surface area contributed by atoms with Crippen molar-refractivity contribution >= 4 is 60.5 Å². The average Bonchev–Trinajstić information content (AvgIpc) is 3.61. The van der Waals surface area contributed by atoms with Gasteiger partial charge in [-0.05, 0) is 98.1 Å². The molecule has 2 heteroatoms. The molecule has 1 aromatic heterocycles. The molecule has 0 saturated heterocycles. The van der Waals surface area contributed by atoms with Crippen LogP contribution in [0.1, 0.15) is 0 Å². The van der Waals surface area contributed by atoms with E-state index in [1.165, 1.54) is 49.5 Å². The van der Waals surface area contributed by atoms with E-state index >= 15 is 0 Å². The molecule has 0 N–H and O–H groups in total. The first-order valence-corrected chi connectivity index (χ1v) is 17.8. The summed E-state index contributed by atoms with van der Waals surface area (Å²) in [6.07, 6.45) is 0. The maximum atomic E-state index is 6.85. The second-order valence-corrected chi connectivity index (χ2v) is 13.3. The number of benzene rings is 9. The number of hydrogen-bond donors (Lipinski definition) is 0. The molecular formula is C50H33NO. The van der Waals surface area contributed by atoms with E-state index in [1.54, 1.807) is 0 Å². The SMILES string of the molecule is c1ccc(-c2cccc(-c3cc4c(oc5cccc(N(c6cccc(-c7ccccc7)c6)c6ccc7ccccc7c6)c54)c4ccccc34)c2)cc1. The van der Waals surface area contributed by atoms with Crippen molar-refractivity contribution in [2.45, 2.75) is 0 Å². The Labute approximate surface area is 302 Å². The summed E-state index contributed by atoms with van der Waals surface area (Å²) in [5, 5.41) is 6.86. The molecule has 0 spiro atoms. The Morgan fingerprint density at radius 3 is 1.73 bits per heavy atom. The lowest BCUT2D eigenvalue weighted by atomic mass is 9.93. The maximum Gasteiger partial charge on any atom is 0.143 e. The Bertz CT molecular complexity index is 2910. The van der Waals surface area contributed by atoms with Gasteiger partial charge in [0.2, 0.25) is 0 Å². The summed E-state index contributed by atoms with van der Waals surface area (Å²) < 4.78 is 6.85. The molecule has 0 aliphatic carbocycles. The monoisotopic (exact) mass is 663 g/mol. The topological polar surface area (TPSA) is 16.4 Å². The first-order chi connectivity index (χ1) is 25.8. The molecule has 0 fully saturated rings. The summed E-state index contributed by atoms with van der Waals surface area (Å²) in [6.45, 7) is 0. The summed E-state index contributed by atoms with van der Waals surface area (Å²) in [4.78, 5) is 2.39. The smallest absolute Gasteiger partial charge is 0.143 e. The van der Waals surface area contributed by atoms with E-state index in [9.17, 15) is 0 Å². The zero-order valence-corrected chi connectivity index (χ0v) is 28.4. The van der Waals surface area contributed by atoms with Gasteiger partial charge in [0, 0.05) is 22.1 Å². The van der Waals surface area contributed by atoms with Crippen LogP contribution in [0.25, 0.3) is 76.9 Å². The minimum Gasteiger partial charge on any atom is -0.455 e. The molecule has 0 radical (unpaired) electrons. The van der Waals surface area contributed by atoms with E-state index in [0.29, 0.717) is 0 Å². The number of rotatable bonds is 6. The summed E-state index contributed by atoms with van der Waals surface area (Å²) in [5.41, 5.74) is 12.1. The van der Waals surface area contributed by atoms with Gasteiger partial charge in [-0.25, -0.2) is 0 Å². The second kappa shape index (κ2) is 12.5. The minimum absolute atomic E-state index is 0.859. The van der Waals surface area contributed by atoms with Gasteiger partial charge in [-0.3, -0.25) is 0 Å². The summed E-state index contributed by atoms with van der Waals surface area (Å²) in [5.74, 6) is 0. The Balaban J connectivity index is 1.25. The quantitative estimate of drug-likeness (QED) is 0.176. The Morgan fingerprint density at radius 1 is 0.346 bits per heavy atom. The van der Waals surface area contributed by atoms with Crippen LogP contribution in [-0.4, -0.2) is 0 Å². The molecule has 244 valence electrons. The minimum atomic E-state index is 0.859. The number of fused-ring (bicyclic) bond motifs is 6. The van der Waals surface area contributed by atoms with E-state index in [4.69, 9.17) is 4.42 Å². The molecule has 10 rings (SSSR count). The zero-order valence-electron chi connectivity index (χ0n) is 28.4. The molecule has 2 nitrogen and oxygen atoms in total. The molecule has 10 aromatic rings. The van der Waals surface area contributed by atoms with Crippen LogP contribution in [0, 0.1) is 0 Å². The van der Waals surface area contributed by atoms with Crippen molar-refractivity contribution < 1.29 is 4.42 Å². The highest BCUT2D eigenvalue weighted by Crippen LogP contribution is 2.47. The fourth-order valence-electron chi connectivity index (χ4n) is 7.75. The van der Waals surface area contributed by atoms with E-state index in [2.05, 4.69) is 205 Å². The highest BCUT2D eigenvalue weighted by molar-refractivity contribution is 6.22. The molecule has 52 heavy (non-hydrogen) atoms. The fraction of sp³-hybridized carbons (Fsp3) is 0. The Kier molecular flexibility index (Phi) is 7.18. The lowest BCUT2D eigenvalue weighted by molar-refractivity contribution is 0.672. The van der Waals surface area contributed by atoms with Gasteiger partial charge in [-0.15, -0.1) is 0 Å². The van der Waals surface area contributed by atoms with Crippen LogP contribution in [-0.2, 0) is 0 Å². The standard InChI is InChI=1S/C50H33NO/c1-3-14-34(15-4-1)37-20-11-22-40(30-37)45-33-46-49-47(26-13-27-48(49)52-50(46)44-25-10-9-24-43(44)45)51(42-29-28-36-18-7-8-19-38(36)32-42)41-23-12-21-39(31-41)35-16-5-2-6-17-35/h1-33H. The largest absolute Gasteiger partial charge is 0.455 e. The molecule has 0 aliphatic rings. The summed E-state index contributed by atoms with van der Waals surface area (Å²) in [6, 6.07) is 71.6. The second-order valence-electron chi connectivity index (χ2n) is 13.3. The van der Waals surface area contributed by atoms with Crippen molar-refractivity contribution in [1.29, 1.82) is 0 Å². The van der Waals surface area contributed by atoms with Gasteiger partial charge in [0.1, 0.15) is 11.2 Å². The molecular weight excluding hydrogens is 631 g/mol. The van der Waals surface area contributed by atoms with Gasteiger partial charge in [0.15, 0.2) is 0 Å². The molecule has 9 aromatic carbocycles. The van der Waals surface area contributed by atoms with E-state index in [-0.39, 0.29) is 0 Å². The zero-order chi connectivity index (χ0) is 34.4. The predicted octanol–water partition coefficient (Wildman–Crippen LogP) is 14.4. The van der Waals surface area contributed by atoms with Gasteiger partial charge in [0.05, 0.1) is 11.1 Å². The third-order valence-corrected chi connectivity index (χ3v) is 10.2. The number of hydrogen-bond acceptors (Lipinski definition) is 2. The van der Waals surface area contributed by atoms with E-state index in [0.717, 1.165) is 44.4 Å². The predicted molar refractivity (Wildman–Crippen MR) is 220 cm³/mol. The summed E-state index contributed by atoms with van der Waals surface area (Å²) >= 11 is 0. The van der Waals surface area contributed by atoms with E-state index < -0.39 is 0 Å². The molecule has 0 unspecified atom stereocenters. The molecule has 1 heterocycles. The first kappa shape index (κ1) is 30.0. The summed E-state index contributed by atoms with van der Waals surface area (Å²) in [7, 11) is 0. The van der Waals surface area contributed by atoms with Crippen molar-refractivity contribution in [2.75, 3.05) is 4.90 Å². The van der Waals surface area contributed by atoms with Crippen LogP contribution >= 0.6 is 0 Å². The molecule has 0 bridgehead atoms. The highest BCUT2D eigenvalue weighted by Gasteiger charge is 2.22. The van der Waals surface area contributed by atoms with Crippen LogP contribution in [0.15, 0.2) is 205 Å². The van der Waals surface area contributed by atoms with Crippen LogP contribution in [0.5, 0.6) is 0 Å². The average molecular weight is 664 g/mol. The van der Waals surface area contributed by atoms with Crippen LogP contribution in [0.3, 0.4) is 0 Å². The van der Waals surface area contributed by atoms with Gasteiger partial charge < -0.3 is 9.32 Å². The lowest BCUT2D eigenvalue weighted by Crippen LogP contribution is -2.10. The van der Waals surface area contributed by atoms with Crippen LogP contribution in [0.2, 0.25) is 0 Å². The van der Waals surface area contributed by atoms with Crippen LogP contribution < -0.4 is 4.90 Å². The lowest BCUT2D eigenvalue weighted by Gasteiger charge is -2.27. The third kappa shape index (κ3) is 5.12. The van der Waals surface area contributed by atoms with Crippen molar-refractivity contribution in [3.8, 4) is 33.4 Å². The Hall–Kier alpha value is -6.90. The van der Waals surface area contributed by atoms with Crippen molar-refractivity contribution in [2.24, 2.45) is 0 Å². The van der Waals surface area contributed by atoms with Crippen molar-refractivity contribution in [3.05, 3.63) is 200 Å². The van der Waals surface area contributed by atoms with Crippen LogP contribution in [0.4, 0.5) is 17.1 Å². The van der Waals surface area contributed by atoms with Crippen molar-refractivity contribution in [1.82, 2.24) is 0 Å². The fourth-order valence-corrected chi connectivity index (χ4v) is 7.75. The molecule has 0 amide bonds. The number of furan rings is 1. The van der Waals surface area contributed by atoms with Crippen molar-refractivity contribution in [3.63, 3.8) is 0 Å². The maximum absolute atomic E-state index is 6.85. The normalized spacial score (nSPS) is 11.5. The number of nitrogens with zero attached hydrogens (tertiary/aromatic N) is 1. The van der Waals surface area contributed by atoms with Gasteiger partial charge in [-0.1, -0.05) is 152 Å². The molecule has 0 aliphatic heterocycles. The van der Waals surface area contributed by atoms with Gasteiger partial charge in [0.25, 0.3) is 0 Å². The Morgan fingerprint density at radius 2 is 0.942 bits per heavy atom. The van der Waals surface area contributed by atoms with E-state index in [1.807, 2.05) is 0 Å². The highest BCUT2D eigenvalue weighted by atomic mass is 16.3.